The van der Waals surface area contributed by atoms with Crippen molar-refractivity contribution in [2.75, 3.05) is 22.9 Å². The van der Waals surface area contributed by atoms with E-state index in [2.05, 4.69) is 69.5 Å². The Bertz CT molecular complexity index is 1430. The lowest BCUT2D eigenvalue weighted by Crippen LogP contribution is -2.42. The van der Waals surface area contributed by atoms with Gasteiger partial charge in [0.25, 0.3) is 0 Å². The van der Waals surface area contributed by atoms with E-state index in [9.17, 15) is 79.0 Å². The molecule has 0 aliphatic carbocycles. The van der Waals surface area contributed by atoms with Gasteiger partial charge < -0.3 is 41.9 Å². The smallest absolute Gasteiger partial charge is 0.422 e. The zero-order valence-electron chi connectivity index (χ0n) is 22.0. The molecule has 0 unspecified atom stereocenters. The van der Waals surface area contributed by atoms with Crippen LogP contribution in [0.4, 0.5) is 102 Å². The van der Waals surface area contributed by atoms with Gasteiger partial charge in [-0.05, 0) is 0 Å². The van der Waals surface area contributed by atoms with Crippen molar-refractivity contribution < 1.29 is 98.0 Å². The van der Waals surface area contributed by atoms with Crippen molar-refractivity contribution in [3.05, 3.63) is 0 Å². The van der Waals surface area contributed by atoms with Gasteiger partial charge in [0.05, 0.1) is 42.3 Å². The van der Waals surface area contributed by atoms with Gasteiger partial charge in [-0.1, -0.05) is 0 Å². The average Bonchev–Trinajstić information content (AvgIpc) is 2.89. The third-order valence-corrected chi connectivity index (χ3v) is 6.53. The summed E-state index contributed by atoms with van der Waals surface area (Å²) in [6.07, 6.45) is -41.1. The third-order valence-electron chi connectivity index (χ3n) is 4.76. The predicted molar refractivity (Wildman–Crippen MR) is 141 cm³/mol. The van der Waals surface area contributed by atoms with Crippen LogP contribution < -0.4 is 41.9 Å². The minimum absolute atomic E-state index is 0.953. The van der Waals surface area contributed by atoms with Crippen LogP contribution in [-0.4, -0.2) is 43.2 Å². The number of nitrogen functional groups attached to an aromatic ring is 4. The zero-order valence-corrected chi connectivity index (χ0v) is 25.6. The molecule has 49 heavy (non-hydrogen) atoms. The van der Waals surface area contributed by atoms with E-state index in [1.165, 1.54) is 0 Å². The fourth-order valence-electron chi connectivity index (χ4n) is 2.52. The fourth-order valence-corrected chi connectivity index (χ4v) is 3.59. The number of rotatable bonds is 7. The van der Waals surface area contributed by atoms with Crippen molar-refractivity contribution in [3.8, 4) is 23.0 Å². The molecule has 0 heterocycles. The van der Waals surface area contributed by atoms with Gasteiger partial charge in [0.1, 0.15) is 0 Å². The van der Waals surface area contributed by atoms with Gasteiger partial charge in [-0.2, -0.15) is 65.9 Å². The van der Waals surface area contributed by atoms with Gasteiger partial charge in [0, 0.05) is 0 Å². The molecule has 2 rings (SSSR count). The molecule has 8 N–H and O–H groups in total. The summed E-state index contributed by atoms with van der Waals surface area (Å²) in [5.41, 5.74) is 15.8. The first-order chi connectivity index (χ1) is 21.4. The molecule has 0 saturated carbocycles. The van der Waals surface area contributed by atoms with E-state index in [-0.39, 0.29) is 0 Å². The Morgan fingerprint density at radius 3 is 0.633 bits per heavy atom. The van der Waals surface area contributed by atoms with Gasteiger partial charge in [0.15, 0.2) is 23.0 Å². The molecule has 0 saturated heterocycles. The maximum atomic E-state index is 13.0. The van der Waals surface area contributed by atoms with Crippen molar-refractivity contribution in [1.29, 1.82) is 0 Å². The molecule has 2 aromatic rings. The molecule has 2 aromatic carbocycles. The number of hydrogen-bond donors (Lipinski definition) is 8. The molecule has 0 aliphatic rings. The summed E-state index contributed by atoms with van der Waals surface area (Å²) in [7, 11) is 0. The minimum Gasteiger partial charge on any atom is -0.422 e. The molecule has 0 radical (unpaired) electrons. The van der Waals surface area contributed by atoms with Gasteiger partial charge in [-0.15, -0.1) is 63.7 Å². The number of benzene rings is 2. The maximum absolute atomic E-state index is 13.0. The van der Waals surface area contributed by atoms with E-state index in [4.69, 9.17) is 22.9 Å². The number of halogens is 18. The second-order valence-electron chi connectivity index (χ2n) is 8.26. The van der Waals surface area contributed by atoms with Gasteiger partial charge in [-0.3, -0.25) is 0 Å². The highest BCUT2D eigenvalue weighted by atomic mass is 32.1. The van der Waals surface area contributed by atoms with Crippen molar-refractivity contribution in [2.45, 2.75) is 62.8 Å². The molecule has 282 valence electrons. The average molecular weight is 831 g/mol. The van der Waals surface area contributed by atoms with Gasteiger partial charge in [0.2, 0.25) is 0 Å². The van der Waals surface area contributed by atoms with Crippen molar-refractivity contribution in [2.24, 2.45) is 0 Å². The summed E-state index contributed by atoms with van der Waals surface area (Å²) >= 11 is 13.6. The molecule has 0 aliphatic heterocycles. The van der Waals surface area contributed by atoms with E-state index < -0.39 is 109 Å². The van der Waals surface area contributed by atoms with Crippen LogP contribution in [0.25, 0.3) is 0 Å². The molecule has 8 nitrogen and oxygen atoms in total. The largest absolute Gasteiger partial charge is 0.573 e. The Kier molecular flexibility index (Phi) is 12.5. The van der Waals surface area contributed by atoms with E-state index in [1.54, 1.807) is 0 Å². The number of nitrogens with two attached hydrogens (primary N) is 4. The number of ether oxygens (including phenoxy) is 4. The standard InChI is InChI=1S/C10H6F10N2O2S2.C9H6F8N2O2S2/c11-7(12,13)9(17,18)23-3-1(21)5(25)4(2(22)6(3)26)24-10(19,20)8(14,15)16;10-7(11,12)8(13,14)20-3-1(18)6(23)4(2(19)5(3)22)21-9(15,16)17/h25-26H,21-22H2;22-23H,18-19H2. The summed E-state index contributed by atoms with van der Waals surface area (Å²) in [5, 5.41) is 0. The molecule has 0 spiro atoms. The molecular weight excluding hydrogens is 818 g/mol. The lowest BCUT2D eigenvalue weighted by Gasteiger charge is -2.26. The Morgan fingerprint density at radius 1 is 0.327 bits per heavy atom. The molecule has 0 amide bonds. The van der Waals surface area contributed by atoms with Crippen LogP contribution in [0.1, 0.15) is 0 Å². The number of anilines is 4. The van der Waals surface area contributed by atoms with Gasteiger partial charge >= 0.3 is 43.2 Å². The van der Waals surface area contributed by atoms with Crippen LogP contribution >= 0.6 is 50.5 Å². The van der Waals surface area contributed by atoms with Crippen LogP contribution in [0.5, 0.6) is 23.0 Å². The van der Waals surface area contributed by atoms with Crippen molar-refractivity contribution in [1.82, 2.24) is 0 Å². The number of hydrogen-bond acceptors (Lipinski definition) is 12. The summed E-state index contributed by atoms with van der Waals surface area (Å²) in [5.74, 6) is -5.72. The normalized spacial score (nSPS) is 13.4. The van der Waals surface area contributed by atoms with E-state index in [0.717, 1.165) is 0 Å². The highest BCUT2D eigenvalue weighted by Crippen LogP contribution is 2.53. The van der Waals surface area contributed by atoms with Crippen LogP contribution in [0.15, 0.2) is 19.6 Å². The molecule has 0 aromatic heterocycles. The summed E-state index contributed by atoms with van der Waals surface area (Å²) < 4.78 is 237. The van der Waals surface area contributed by atoms with Crippen molar-refractivity contribution in [3.63, 3.8) is 0 Å². The second-order valence-corrected chi connectivity index (χ2v) is 10.1. The predicted octanol–water partition coefficient (Wildman–Crippen LogP) is 8.36. The number of alkyl halides is 18. The third kappa shape index (κ3) is 9.82. The Balaban J connectivity index is 0.000000494. The maximum Gasteiger partial charge on any atom is 0.573 e. The van der Waals surface area contributed by atoms with E-state index in [1.807, 2.05) is 0 Å². The highest BCUT2D eigenvalue weighted by Gasteiger charge is 2.63. The molecular formula is C19H12F18N4O4S4. The second kappa shape index (κ2) is 13.9. The van der Waals surface area contributed by atoms with E-state index in [0.29, 0.717) is 0 Å². The first-order valence-electron chi connectivity index (χ1n) is 10.8. The lowest BCUT2D eigenvalue weighted by molar-refractivity contribution is -0.361. The Labute approximate surface area is 279 Å². The van der Waals surface area contributed by atoms with Crippen LogP contribution in [0.2, 0.25) is 0 Å². The zero-order chi connectivity index (χ0) is 39.3. The molecule has 0 atom stereocenters. The highest BCUT2D eigenvalue weighted by molar-refractivity contribution is 7.81. The summed E-state index contributed by atoms with van der Waals surface area (Å²) in [4.78, 5) is -4.39. The Hall–Kier alpha value is -3.02. The van der Waals surface area contributed by atoms with Crippen LogP contribution in [0, 0.1) is 0 Å². The first-order valence-corrected chi connectivity index (χ1v) is 12.6. The van der Waals surface area contributed by atoms with Crippen LogP contribution in [0.3, 0.4) is 0 Å². The topological polar surface area (TPSA) is 141 Å². The molecule has 30 heteroatoms. The van der Waals surface area contributed by atoms with Crippen LogP contribution in [-0.2, 0) is 0 Å². The van der Waals surface area contributed by atoms with E-state index >= 15 is 0 Å². The summed E-state index contributed by atoms with van der Waals surface area (Å²) in [6.45, 7) is 0. The Morgan fingerprint density at radius 2 is 0.490 bits per heavy atom. The minimum atomic E-state index is -6.22. The van der Waals surface area contributed by atoms with Crippen molar-refractivity contribution >= 4 is 73.3 Å². The molecule has 0 fully saturated rings. The lowest BCUT2D eigenvalue weighted by atomic mass is 10.2. The fraction of sp³-hybridized carbons (Fsp3) is 0.368. The molecule has 0 bridgehead atoms. The van der Waals surface area contributed by atoms with Gasteiger partial charge in [-0.25, -0.2) is 0 Å². The number of thiol groups is 4. The quantitative estimate of drug-likeness (QED) is 0.0792. The first kappa shape index (κ1) is 44.0. The monoisotopic (exact) mass is 830 g/mol. The SMILES string of the molecule is Nc1c(S)c(OC(F)(F)C(F)(F)F)c(N)c(S)c1OC(F)(F)C(F)(F)F.Nc1c(S)c(OC(F)(F)C(F)(F)F)c(N)c(S)c1OC(F)(F)F. The summed E-state index contributed by atoms with van der Waals surface area (Å²) in [6, 6.07) is 0.